The van der Waals surface area contributed by atoms with Crippen LogP contribution in [0.15, 0.2) is 33.9 Å². The Labute approximate surface area is 175 Å². The number of quaternary nitrogens is 1. The van der Waals surface area contributed by atoms with Crippen LogP contribution in [-0.2, 0) is 11.3 Å². The number of aromatic nitrogens is 2. The highest BCUT2D eigenvalue weighted by molar-refractivity contribution is 7.99. The Morgan fingerprint density at radius 3 is 2.55 bits per heavy atom. The van der Waals surface area contributed by atoms with Crippen LogP contribution in [0.3, 0.4) is 0 Å². The van der Waals surface area contributed by atoms with Crippen molar-refractivity contribution in [1.29, 1.82) is 0 Å². The lowest BCUT2D eigenvalue weighted by atomic mass is 10.2. The molecular weight excluding hydrogens is 390 g/mol. The van der Waals surface area contributed by atoms with E-state index in [4.69, 9.17) is 9.15 Å². The molecule has 2 fully saturated rings. The summed E-state index contributed by atoms with van der Waals surface area (Å²) in [7, 11) is 1.67. The van der Waals surface area contributed by atoms with Crippen molar-refractivity contribution in [2.75, 3.05) is 57.0 Å². The van der Waals surface area contributed by atoms with Crippen molar-refractivity contribution >= 4 is 23.4 Å². The molecule has 2 aliphatic rings. The lowest BCUT2D eigenvalue weighted by Crippen LogP contribution is -3.08. The van der Waals surface area contributed by atoms with Gasteiger partial charge in [0.25, 0.3) is 11.1 Å². The first-order valence-corrected chi connectivity index (χ1v) is 11.2. The zero-order valence-corrected chi connectivity index (χ0v) is 17.6. The third-order valence-electron chi connectivity index (χ3n) is 5.55. The fourth-order valence-electron chi connectivity index (χ4n) is 3.86. The van der Waals surface area contributed by atoms with Crippen LogP contribution < -0.4 is 14.5 Å². The van der Waals surface area contributed by atoms with Crippen molar-refractivity contribution in [2.45, 2.75) is 24.6 Å². The molecule has 0 radical (unpaired) electrons. The minimum absolute atomic E-state index is 0.120. The van der Waals surface area contributed by atoms with E-state index in [0.717, 1.165) is 44.2 Å². The van der Waals surface area contributed by atoms with Crippen LogP contribution >= 0.6 is 11.8 Å². The molecule has 2 aromatic rings. The van der Waals surface area contributed by atoms with Gasteiger partial charge >= 0.3 is 0 Å². The summed E-state index contributed by atoms with van der Waals surface area (Å²) in [4.78, 5) is 18.3. The van der Waals surface area contributed by atoms with Crippen molar-refractivity contribution in [3.8, 4) is 5.75 Å². The van der Waals surface area contributed by atoms with Crippen LogP contribution in [0.1, 0.15) is 18.7 Å². The van der Waals surface area contributed by atoms with Gasteiger partial charge in [0.2, 0.25) is 5.91 Å². The molecule has 8 nitrogen and oxygen atoms in total. The minimum atomic E-state index is 0.120. The molecule has 2 saturated heterocycles. The van der Waals surface area contributed by atoms with E-state index < -0.39 is 0 Å². The van der Waals surface area contributed by atoms with E-state index in [-0.39, 0.29) is 5.91 Å². The average molecular weight is 419 g/mol. The highest BCUT2D eigenvalue weighted by atomic mass is 32.2. The highest BCUT2D eigenvalue weighted by Crippen LogP contribution is 2.21. The quantitative estimate of drug-likeness (QED) is 0.664. The Kier molecular flexibility index (Phi) is 6.56. The van der Waals surface area contributed by atoms with Gasteiger partial charge in [0, 0.05) is 44.7 Å². The minimum Gasteiger partial charge on any atom is -0.497 e. The summed E-state index contributed by atoms with van der Waals surface area (Å²) in [6, 6.07) is 8.05. The monoisotopic (exact) mass is 418 g/mol. The van der Waals surface area contributed by atoms with Gasteiger partial charge < -0.3 is 23.9 Å². The van der Waals surface area contributed by atoms with Gasteiger partial charge in [-0.15, -0.1) is 10.2 Å². The number of hydrogen-bond donors (Lipinski definition) is 1. The first-order chi connectivity index (χ1) is 14.2. The van der Waals surface area contributed by atoms with E-state index in [1.807, 2.05) is 17.0 Å². The molecular formula is C20H28N5O3S+. The van der Waals surface area contributed by atoms with Crippen LogP contribution in [0.25, 0.3) is 0 Å². The molecule has 156 valence electrons. The summed E-state index contributed by atoms with van der Waals surface area (Å²) in [5.41, 5.74) is 1.16. The molecule has 0 saturated carbocycles. The van der Waals surface area contributed by atoms with E-state index in [2.05, 4.69) is 27.2 Å². The number of ether oxygens (including phenoxy) is 1. The molecule has 4 rings (SSSR count). The number of methoxy groups -OCH3 is 1. The van der Waals surface area contributed by atoms with Gasteiger partial charge in [-0.1, -0.05) is 11.8 Å². The SMILES string of the molecule is COc1ccc(N2CCN(C(=O)CSc3nnc(C[NH+]4CCCC4)o3)CC2)cc1. The summed E-state index contributed by atoms with van der Waals surface area (Å²) in [6.45, 7) is 6.22. The Hall–Kier alpha value is -2.26. The maximum absolute atomic E-state index is 12.6. The van der Waals surface area contributed by atoms with E-state index in [9.17, 15) is 4.79 Å². The van der Waals surface area contributed by atoms with Crippen LogP contribution in [0.4, 0.5) is 5.69 Å². The number of rotatable bonds is 7. The maximum Gasteiger partial charge on any atom is 0.277 e. The number of carbonyl (C=O) groups excluding carboxylic acids is 1. The average Bonchev–Trinajstić information content (AvgIpc) is 3.45. The predicted octanol–water partition coefficient (Wildman–Crippen LogP) is 0.698. The molecule has 1 N–H and O–H groups in total. The number of carbonyl (C=O) groups is 1. The molecule has 1 aromatic heterocycles. The Morgan fingerprint density at radius 1 is 1.14 bits per heavy atom. The fraction of sp³-hybridized carbons (Fsp3) is 0.550. The zero-order chi connectivity index (χ0) is 20.1. The van der Waals surface area contributed by atoms with Gasteiger partial charge in [-0.2, -0.15) is 0 Å². The van der Waals surface area contributed by atoms with E-state index in [1.165, 1.54) is 42.6 Å². The van der Waals surface area contributed by atoms with Crippen molar-refractivity contribution in [3.05, 3.63) is 30.2 Å². The predicted molar refractivity (Wildman–Crippen MR) is 110 cm³/mol. The summed E-state index contributed by atoms with van der Waals surface area (Å²) in [6.07, 6.45) is 2.54. The van der Waals surface area contributed by atoms with Gasteiger partial charge in [-0.05, 0) is 24.3 Å². The number of benzene rings is 1. The van der Waals surface area contributed by atoms with Gasteiger partial charge in [0.1, 0.15) is 5.75 Å². The molecule has 9 heteroatoms. The van der Waals surface area contributed by atoms with Gasteiger partial charge in [0.05, 0.1) is 26.0 Å². The van der Waals surface area contributed by atoms with Gasteiger partial charge in [-0.3, -0.25) is 4.79 Å². The van der Waals surface area contributed by atoms with Crippen LogP contribution in [0.2, 0.25) is 0 Å². The third-order valence-corrected chi connectivity index (χ3v) is 6.35. The number of thioether (sulfide) groups is 1. The topological polar surface area (TPSA) is 76.1 Å². The number of anilines is 1. The Balaban J connectivity index is 1.21. The molecule has 2 aliphatic heterocycles. The van der Waals surface area contributed by atoms with Crippen molar-refractivity contribution in [1.82, 2.24) is 15.1 Å². The molecule has 0 atom stereocenters. The van der Waals surface area contributed by atoms with E-state index in [0.29, 0.717) is 16.9 Å². The fourth-order valence-corrected chi connectivity index (χ4v) is 4.54. The molecule has 1 aromatic carbocycles. The molecule has 0 aliphatic carbocycles. The first-order valence-electron chi connectivity index (χ1n) is 10.2. The molecule has 3 heterocycles. The number of amides is 1. The number of nitrogens with one attached hydrogen (secondary N) is 1. The molecule has 0 unspecified atom stereocenters. The molecule has 1 amide bonds. The number of hydrogen-bond acceptors (Lipinski definition) is 7. The van der Waals surface area contributed by atoms with Crippen molar-refractivity contribution in [2.24, 2.45) is 0 Å². The zero-order valence-electron chi connectivity index (χ0n) is 16.8. The second-order valence-electron chi connectivity index (χ2n) is 7.45. The normalized spacial score (nSPS) is 17.7. The number of nitrogens with zero attached hydrogens (tertiary/aromatic N) is 4. The third kappa shape index (κ3) is 5.22. The molecule has 0 spiro atoms. The van der Waals surface area contributed by atoms with Crippen LogP contribution in [0, 0.1) is 0 Å². The lowest BCUT2D eigenvalue weighted by molar-refractivity contribution is -0.902. The van der Waals surface area contributed by atoms with Gasteiger partial charge in [-0.25, -0.2) is 0 Å². The molecule has 0 bridgehead atoms. The van der Waals surface area contributed by atoms with Gasteiger partial charge in [0.15, 0.2) is 6.54 Å². The number of piperazine rings is 1. The number of likely N-dealkylation sites (tertiary alicyclic amines) is 1. The Bertz CT molecular complexity index is 799. The van der Waals surface area contributed by atoms with Crippen LogP contribution in [-0.4, -0.2) is 73.1 Å². The molecule has 29 heavy (non-hydrogen) atoms. The summed E-state index contributed by atoms with van der Waals surface area (Å²) < 4.78 is 10.9. The first kappa shape index (κ1) is 20.0. The standard InChI is InChI=1S/C20H27N5O3S/c1-27-17-6-4-16(5-7-17)24-10-12-25(13-11-24)19(26)15-29-20-22-21-18(28-20)14-23-8-2-3-9-23/h4-7H,2-3,8-15H2,1H3/p+1. The smallest absolute Gasteiger partial charge is 0.277 e. The summed E-state index contributed by atoms with van der Waals surface area (Å²) >= 11 is 1.33. The van der Waals surface area contributed by atoms with Crippen molar-refractivity contribution in [3.63, 3.8) is 0 Å². The van der Waals surface area contributed by atoms with E-state index in [1.54, 1.807) is 7.11 Å². The van der Waals surface area contributed by atoms with Crippen LogP contribution in [0.5, 0.6) is 5.75 Å². The lowest BCUT2D eigenvalue weighted by Gasteiger charge is -2.36. The van der Waals surface area contributed by atoms with E-state index >= 15 is 0 Å². The summed E-state index contributed by atoms with van der Waals surface area (Å²) in [5.74, 6) is 1.98. The second-order valence-corrected chi connectivity index (χ2v) is 8.38. The summed E-state index contributed by atoms with van der Waals surface area (Å²) in [5, 5.41) is 8.70. The van der Waals surface area contributed by atoms with Crippen molar-refractivity contribution < 1.29 is 18.8 Å². The largest absolute Gasteiger partial charge is 0.497 e. The second kappa shape index (κ2) is 9.49. The maximum atomic E-state index is 12.6. The highest BCUT2D eigenvalue weighted by Gasteiger charge is 2.23. The Morgan fingerprint density at radius 2 is 1.86 bits per heavy atom.